The quantitative estimate of drug-likeness (QED) is 0.646. The number of benzene rings is 2. The SMILES string of the molecule is Cc1cccc(CSc2ccc(N)c(C)c2)c1. The third-order valence-electron chi connectivity index (χ3n) is 2.73. The highest BCUT2D eigenvalue weighted by molar-refractivity contribution is 7.98. The Hall–Kier alpha value is -1.41. The lowest BCUT2D eigenvalue weighted by Crippen LogP contribution is -1.89. The van der Waals surface area contributed by atoms with Gasteiger partial charge in [-0.25, -0.2) is 0 Å². The van der Waals surface area contributed by atoms with E-state index in [4.69, 9.17) is 5.73 Å². The second-order valence-electron chi connectivity index (χ2n) is 4.30. The minimum atomic E-state index is 0.866. The van der Waals surface area contributed by atoms with Gasteiger partial charge in [0.25, 0.3) is 0 Å². The van der Waals surface area contributed by atoms with Crippen LogP contribution in [0.25, 0.3) is 0 Å². The Morgan fingerprint density at radius 1 is 1.06 bits per heavy atom. The standard InChI is InChI=1S/C15H17NS/c1-11-4-3-5-13(8-11)10-17-14-6-7-15(16)12(2)9-14/h3-9H,10,16H2,1-2H3. The van der Waals surface area contributed by atoms with E-state index in [-0.39, 0.29) is 0 Å². The predicted molar refractivity (Wildman–Crippen MR) is 76.3 cm³/mol. The molecule has 0 aliphatic carbocycles. The van der Waals surface area contributed by atoms with Crippen LogP contribution >= 0.6 is 11.8 Å². The average molecular weight is 243 g/mol. The first-order chi connectivity index (χ1) is 8.15. The van der Waals surface area contributed by atoms with Crippen LogP contribution in [0.1, 0.15) is 16.7 Å². The van der Waals surface area contributed by atoms with Gasteiger partial charge in [-0.05, 0) is 43.2 Å². The Balaban J connectivity index is 2.05. The molecule has 2 N–H and O–H groups in total. The molecule has 0 saturated heterocycles. The van der Waals surface area contributed by atoms with Crippen LogP contribution in [0, 0.1) is 13.8 Å². The molecule has 0 aliphatic heterocycles. The first-order valence-electron chi connectivity index (χ1n) is 5.69. The molecule has 2 aromatic rings. The lowest BCUT2D eigenvalue weighted by atomic mass is 10.2. The van der Waals surface area contributed by atoms with Crippen molar-refractivity contribution in [1.82, 2.24) is 0 Å². The van der Waals surface area contributed by atoms with Crippen LogP contribution < -0.4 is 5.73 Å². The summed E-state index contributed by atoms with van der Waals surface area (Å²) in [5.41, 5.74) is 10.5. The van der Waals surface area contributed by atoms with Gasteiger partial charge in [0.05, 0.1) is 0 Å². The van der Waals surface area contributed by atoms with E-state index in [1.54, 1.807) is 0 Å². The van der Waals surface area contributed by atoms with Crippen LogP contribution in [-0.4, -0.2) is 0 Å². The number of thioether (sulfide) groups is 1. The zero-order valence-electron chi connectivity index (χ0n) is 10.2. The third-order valence-corrected chi connectivity index (χ3v) is 3.79. The van der Waals surface area contributed by atoms with Crippen molar-refractivity contribution in [2.75, 3.05) is 5.73 Å². The summed E-state index contributed by atoms with van der Waals surface area (Å²) >= 11 is 1.85. The largest absolute Gasteiger partial charge is 0.399 e. The molecule has 2 heteroatoms. The van der Waals surface area contributed by atoms with Gasteiger partial charge in [-0.1, -0.05) is 29.8 Å². The highest BCUT2D eigenvalue weighted by Gasteiger charge is 1.99. The summed E-state index contributed by atoms with van der Waals surface area (Å²) in [6.45, 7) is 4.17. The van der Waals surface area contributed by atoms with E-state index in [1.807, 2.05) is 24.8 Å². The van der Waals surface area contributed by atoms with Crippen LogP contribution in [0.15, 0.2) is 47.4 Å². The molecule has 0 fully saturated rings. The van der Waals surface area contributed by atoms with Crippen molar-refractivity contribution in [3.63, 3.8) is 0 Å². The van der Waals surface area contributed by atoms with Gasteiger partial charge in [-0.3, -0.25) is 0 Å². The number of nitrogens with two attached hydrogens (primary N) is 1. The lowest BCUT2D eigenvalue weighted by Gasteiger charge is -2.05. The summed E-state index contributed by atoms with van der Waals surface area (Å²) < 4.78 is 0. The van der Waals surface area contributed by atoms with Crippen LogP contribution in [0.4, 0.5) is 5.69 Å². The van der Waals surface area contributed by atoms with Crippen molar-refractivity contribution in [3.8, 4) is 0 Å². The van der Waals surface area contributed by atoms with Crippen molar-refractivity contribution in [3.05, 3.63) is 59.2 Å². The average Bonchev–Trinajstić information content (AvgIpc) is 2.31. The predicted octanol–water partition coefficient (Wildman–Crippen LogP) is 4.18. The molecule has 0 aromatic heterocycles. The summed E-state index contributed by atoms with van der Waals surface area (Å²) in [7, 11) is 0. The molecular formula is C15H17NS. The molecule has 2 aromatic carbocycles. The van der Waals surface area contributed by atoms with Gasteiger partial charge < -0.3 is 5.73 Å². The minimum Gasteiger partial charge on any atom is -0.399 e. The first-order valence-corrected chi connectivity index (χ1v) is 6.68. The molecule has 0 amide bonds. The number of hydrogen-bond acceptors (Lipinski definition) is 2. The molecule has 17 heavy (non-hydrogen) atoms. The Kier molecular flexibility index (Phi) is 3.75. The summed E-state index contributed by atoms with van der Waals surface area (Å²) in [6, 6.07) is 14.9. The van der Waals surface area contributed by atoms with Crippen LogP contribution in [0.2, 0.25) is 0 Å². The Morgan fingerprint density at radius 3 is 2.59 bits per heavy atom. The van der Waals surface area contributed by atoms with Gasteiger partial charge >= 0.3 is 0 Å². The fourth-order valence-corrected chi connectivity index (χ4v) is 2.64. The van der Waals surface area contributed by atoms with Crippen LogP contribution in [0.3, 0.4) is 0 Å². The van der Waals surface area contributed by atoms with E-state index in [0.29, 0.717) is 0 Å². The molecule has 0 bridgehead atoms. The Bertz CT molecular complexity index is 520. The number of rotatable bonds is 3. The fraction of sp³-hybridized carbons (Fsp3) is 0.200. The molecule has 88 valence electrons. The molecule has 1 nitrogen and oxygen atoms in total. The van der Waals surface area contributed by atoms with E-state index in [1.165, 1.54) is 16.0 Å². The summed E-state index contributed by atoms with van der Waals surface area (Å²) in [6.07, 6.45) is 0. The second kappa shape index (κ2) is 5.28. The zero-order valence-corrected chi connectivity index (χ0v) is 11.1. The molecule has 0 unspecified atom stereocenters. The Morgan fingerprint density at radius 2 is 1.88 bits per heavy atom. The zero-order chi connectivity index (χ0) is 12.3. The van der Waals surface area contributed by atoms with Crippen molar-refractivity contribution < 1.29 is 0 Å². The number of aryl methyl sites for hydroxylation is 2. The molecule has 0 spiro atoms. The summed E-state index contributed by atoms with van der Waals surface area (Å²) in [5, 5.41) is 0. The summed E-state index contributed by atoms with van der Waals surface area (Å²) in [5.74, 6) is 1.00. The highest BCUT2D eigenvalue weighted by atomic mass is 32.2. The molecule has 0 atom stereocenters. The van der Waals surface area contributed by atoms with Crippen molar-refractivity contribution in [2.24, 2.45) is 0 Å². The number of hydrogen-bond donors (Lipinski definition) is 1. The molecule has 2 rings (SSSR count). The summed E-state index contributed by atoms with van der Waals surface area (Å²) in [4.78, 5) is 1.28. The lowest BCUT2D eigenvalue weighted by molar-refractivity contribution is 1.32. The van der Waals surface area contributed by atoms with E-state index in [9.17, 15) is 0 Å². The van der Waals surface area contributed by atoms with Gasteiger partial charge in [-0.15, -0.1) is 11.8 Å². The monoisotopic (exact) mass is 243 g/mol. The van der Waals surface area contributed by atoms with E-state index in [2.05, 4.69) is 43.3 Å². The first kappa shape index (κ1) is 12.1. The number of anilines is 1. The molecule has 0 aliphatic rings. The third kappa shape index (κ3) is 3.27. The van der Waals surface area contributed by atoms with Gasteiger partial charge in [0.1, 0.15) is 0 Å². The van der Waals surface area contributed by atoms with Gasteiger partial charge in [0, 0.05) is 16.3 Å². The molecule has 0 saturated carbocycles. The topological polar surface area (TPSA) is 26.0 Å². The van der Waals surface area contributed by atoms with Gasteiger partial charge in [0.2, 0.25) is 0 Å². The van der Waals surface area contributed by atoms with E-state index >= 15 is 0 Å². The van der Waals surface area contributed by atoms with Crippen molar-refractivity contribution in [1.29, 1.82) is 0 Å². The molecule has 0 heterocycles. The highest BCUT2D eigenvalue weighted by Crippen LogP contribution is 2.25. The fourth-order valence-electron chi connectivity index (χ4n) is 1.71. The maximum Gasteiger partial charge on any atom is 0.0344 e. The van der Waals surface area contributed by atoms with Crippen molar-refractivity contribution >= 4 is 17.4 Å². The van der Waals surface area contributed by atoms with Gasteiger partial charge in [0.15, 0.2) is 0 Å². The maximum absolute atomic E-state index is 5.81. The maximum atomic E-state index is 5.81. The van der Waals surface area contributed by atoms with E-state index < -0.39 is 0 Å². The van der Waals surface area contributed by atoms with Gasteiger partial charge in [-0.2, -0.15) is 0 Å². The van der Waals surface area contributed by atoms with Crippen LogP contribution in [-0.2, 0) is 5.75 Å². The Labute approximate surface area is 107 Å². The van der Waals surface area contributed by atoms with Crippen molar-refractivity contribution in [2.45, 2.75) is 24.5 Å². The normalized spacial score (nSPS) is 10.5. The van der Waals surface area contributed by atoms with E-state index in [0.717, 1.165) is 17.0 Å². The minimum absolute atomic E-state index is 0.866. The molecule has 0 radical (unpaired) electrons. The van der Waals surface area contributed by atoms with Crippen LogP contribution in [0.5, 0.6) is 0 Å². The number of nitrogen functional groups attached to an aromatic ring is 1. The molecular weight excluding hydrogens is 226 g/mol. The smallest absolute Gasteiger partial charge is 0.0344 e. The second-order valence-corrected chi connectivity index (χ2v) is 5.34.